The topological polar surface area (TPSA) is 27.1 Å². The van der Waals surface area contributed by atoms with Crippen LogP contribution < -0.4 is 4.90 Å². The lowest BCUT2D eigenvalue weighted by molar-refractivity contribution is 0.623. The molecule has 1 aromatic carbocycles. The second kappa shape index (κ2) is 5.30. The van der Waals surface area contributed by atoms with Gasteiger partial charge in [0.25, 0.3) is 0 Å². The Morgan fingerprint density at radius 3 is 2.59 bits per heavy atom. The number of rotatable bonds is 3. The van der Waals surface area contributed by atoms with Crippen LogP contribution in [0, 0.1) is 17.1 Å². The highest BCUT2D eigenvalue weighted by Gasteiger charge is 2.25. The molecule has 2 nitrogen and oxygen atoms in total. The molecule has 0 atom stereocenters. The molecule has 0 unspecified atom stereocenters. The lowest BCUT2D eigenvalue weighted by Gasteiger charge is -2.27. The van der Waals surface area contributed by atoms with Crippen LogP contribution in [0.2, 0.25) is 0 Å². The predicted molar refractivity (Wildman–Crippen MR) is 69.1 cm³/mol. The molecule has 0 spiro atoms. The van der Waals surface area contributed by atoms with E-state index in [2.05, 4.69) is 0 Å². The van der Waals surface area contributed by atoms with Gasteiger partial charge >= 0.3 is 0 Å². The number of amidine groups is 1. The lowest BCUT2D eigenvalue weighted by Crippen LogP contribution is -2.35. The van der Waals surface area contributed by atoms with Gasteiger partial charge in [-0.05, 0) is 31.9 Å². The highest BCUT2D eigenvalue weighted by atomic mass is 19.1. The van der Waals surface area contributed by atoms with Gasteiger partial charge in [-0.3, -0.25) is 5.41 Å². The molecule has 1 aliphatic carbocycles. The molecule has 0 heterocycles. The van der Waals surface area contributed by atoms with Crippen molar-refractivity contribution >= 4 is 11.5 Å². The quantitative estimate of drug-likeness (QED) is 0.624. The van der Waals surface area contributed by atoms with Crippen LogP contribution >= 0.6 is 0 Å². The number of hydrogen-bond acceptors (Lipinski definition) is 1. The van der Waals surface area contributed by atoms with Gasteiger partial charge in [0.2, 0.25) is 0 Å². The van der Waals surface area contributed by atoms with Crippen molar-refractivity contribution in [1.29, 1.82) is 5.41 Å². The molecule has 17 heavy (non-hydrogen) atoms. The summed E-state index contributed by atoms with van der Waals surface area (Å²) < 4.78 is 13.7. The van der Waals surface area contributed by atoms with Gasteiger partial charge in [-0.15, -0.1) is 0 Å². The van der Waals surface area contributed by atoms with Crippen molar-refractivity contribution in [2.24, 2.45) is 5.92 Å². The standard InChI is InChI=1S/C14H19FN2/c1-2-17(13-10-6-5-9-12(13)15)14(16)11-7-3-4-8-11/h5-6,9-11,16H,2-4,7-8H2,1H3. The molecule has 1 N–H and O–H groups in total. The molecule has 2 rings (SSSR count). The van der Waals surface area contributed by atoms with Crippen LogP contribution in [0.5, 0.6) is 0 Å². The third-order valence-corrected chi connectivity index (χ3v) is 3.49. The number of hydrogen-bond donors (Lipinski definition) is 1. The minimum Gasteiger partial charge on any atom is -0.328 e. The van der Waals surface area contributed by atoms with Crippen molar-refractivity contribution in [3.8, 4) is 0 Å². The Balaban J connectivity index is 2.21. The van der Waals surface area contributed by atoms with Gasteiger partial charge < -0.3 is 4.90 Å². The minimum absolute atomic E-state index is 0.239. The summed E-state index contributed by atoms with van der Waals surface area (Å²) in [6, 6.07) is 6.72. The number of para-hydroxylation sites is 1. The van der Waals surface area contributed by atoms with Crippen LogP contribution in [0.15, 0.2) is 24.3 Å². The Morgan fingerprint density at radius 2 is 2.00 bits per heavy atom. The highest BCUT2D eigenvalue weighted by Crippen LogP contribution is 2.29. The van der Waals surface area contributed by atoms with Crippen LogP contribution in [0.25, 0.3) is 0 Å². The first-order chi connectivity index (χ1) is 8.24. The summed E-state index contributed by atoms with van der Waals surface area (Å²) in [7, 11) is 0. The van der Waals surface area contributed by atoms with E-state index in [1.165, 1.54) is 18.9 Å². The number of nitrogens with zero attached hydrogens (tertiary/aromatic N) is 1. The van der Waals surface area contributed by atoms with E-state index in [4.69, 9.17) is 5.41 Å². The van der Waals surface area contributed by atoms with Crippen LogP contribution in [0.3, 0.4) is 0 Å². The Morgan fingerprint density at radius 1 is 1.35 bits per heavy atom. The minimum atomic E-state index is -0.239. The van der Waals surface area contributed by atoms with Gasteiger partial charge in [0.1, 0.15) is 11.7 Å². The largest absolute Gasteiger partial charge is 0.328 e. The Hall–Kier alpha value is -1.38. The van der Waals surface area contributed by atoms with Crippen molar-refractivity contribution in [2.75, 3.05) is 11.4 Å². The molecule has 1 aliphatic rings. The zero-order valence-electron chi connectivity index (χ0n) is 10.2. The first-order valence-electron chi connectivity index (χ1n) is 6.34. The predicted octanol–water partition coefficient (Wildman–Crippen LogP) is 3.82. The SMILES string of the molecule is CCN(C(=N)C1CCCC1)c1ccccc1F. The van der Waals surface area contributed by atoms with E-state index in [0.717, 1.165) is 12.8 Å². The van der Waals surface area contributed by atoms with Gasteiger partial charge in [0.15, 0.2) is 0 Å². The van der Waals surface area contributed by atoms with Crippen LogP contribution in [-0.4, -0.2) is 12.4 Å². The molecule has 0 radical (unpaired) electrons. The molecule has 0 bridgehead atoms. The van der Waals surface area contributed by atoms with E-state index in [1.54, 1.807) is 17.0 Å². The van der Waals surface area contributed by atoms with Crippen molar-refractivity contribution in [3.05, 3.63) is 30.1 Å². The monoisotopic (exact) mass is 234 g/mol. The van der Waals surface area contributed by atoms with Crippen LogP contribution in [-0.2, 0) is 0 Å². The second-order valence-electron chi connectivity index (χ2n) is 4.56. The lowest BCUT2D eigenvalue weighted by atomic mass is 10.1. The number of anilines is 1. The Kier molecular flexibility index (Phi) is 3.77. The number of nitrogens with one attached hydrogen (secondary N) is 1. The fourth-order valence-corrected chi connectivity index (χ4v) is 2.56. The molecule has 3 heteroatoms. The average Bonchev–Trinajstić information content (AvgIpc) is 2.86. The van der Waals surface area contributed by atoms with Gasteiger partial charge in [0.05, 0.1) is 5.69 Å². The first kappa shape index (κ1) is 12.1. The summed E-state index contributed by atoms with van der Waals surface area (Å²) in [6.45, 7) is 2.62. The molecule has 1 saturated carbocycles. The molecular weight excluding hydrogens is 215 g/mol. The van der Waals surface area contributed by atoms with Crippen molar-refractivity contribution in [1.82, 2.24) is 0 Å². The molecule has 0 aromatic heterocycles. The Bertz CT molecular complexity index is 397. The third-order valence-electron chi connectivity index (χ3n) is 3.49. The normalized spacial score (nSPS) is 16.1. The fourth-order valence-electron chi connectivity index (χ4n) is 2.56. The van der Waals surface area contributed by atoms with Gasteiger partial charge in [-0.2, -0.15) is 0 Å². The zero-order chi connectivity index (χ0) is 12.3. The smallest absolute Gasteiger partial charge is 0.146 e. The number of halogens is 1. The molecule has 0 aliphatic heterocycles. The second-order valence-corrected chi connectivity index (χ2v) is 4.56. The van der Waals surface area contributed by atoms with Gasteiger partial charge in [-0.25, -0.2) is 4.39 Å². The first-order valence-corrected chi connectivity index (χ1v) is 6.34. The average molecular weight is 234 g/mol. The molecule has 0 saturated heterocycles. The summed E-state index contributed by atoms with van der Waals surface area (Å²) in [5.74, 6) is 0.654. The van der Waals surface area contributed by atoms with E-state index >= 15 is 0 Å². The maximum absolute atomic E-state index is 13.7. The summed E-state index contributed by atoms with van der Waals surface area (Å²) in [5.41, 5.74) is 0.534. The van der Waals surface area contributed by atoms with Crippen LogP contribution in [0.4, 0.5) is 10.1 Å². The van der Waals surface area contributed by atoms with E-state index in [0.29, 0.717) is 24.0 Å². The maximum Gasteiger partial charge on any atom is 0.146 e. The van der Waals surface area contributed by atoms with Crippen molar-refractivity contribution < 1.29 is 4.39 Å². The zero-order valence-corrected chi connectivity index (χ0v) is 10.2. The van der Waals surface area contributed by atoms with E-state index in [1.807, 2.05) is 13.0 Å². The van der Waals surface area contributed by atoms with Crippen molar-refractivity contribution in [3.63, 3.8) is 0 Å². The third kappa shape index (κ3) is 2.48. The van der Waals surface area contributed by atoms with Gasteiger partial charge in [0, 0.05) is 12.5 Å². The summed E-state index contributed by atoms with van der Waals surface area (Å²) >= 11 is 0. The molecule has 1 aromatic rings. The van der Waals surface area contributed by atoms with Crippen molar-refractivity contribution in [2.45, 2.75) is 32.6 Å². The molecular formula is C14H19FN2. The van der Waals surface area contributed by atoms with E-state index in [9.17, 15) is 4.39 Å². The fraction of sp³-hybridized carbons (Fsp3) is 0.500. The highest BCUT2D eigenvalue weighted by molar-refractivity contribution is 5.97. The summed E-state index contributed by atoms with van der Waals surface area (Å²) in [6.07, 6.45) is 4.54. The van der Waals surface area contributed by atoms with E-state index < -0.39 is 0 Å². The summed E-state index contributed by atoms with van der Waals surface area (Å²) in [5, 5.41) is 8.24. The van der Waals surface area contributed by atoms with Gasteiger partial charge in [-0.1, -0.05) is 25.0 Å². The van der Waals surface area contributed by atoms with Crippen LogP contribution in [0.1, 0.15) is 32.6 Å². The number of benzene rings is 1. The Labute approximate surface area is 102 Å². The maximum atomic E-state index is 13.7. The van der Waals surface area contributed by atoms with E-state index in [-0.39, 0.29) is 5.82 Å². The summed E-state index contributed by atoms with van der Waals surface area (Å²) in [4.78, 5) is 1.80. The molecule has 1 fully saturated rings. The molecule has 0 amide bonds. The molecule has 92 valence electrons.